The third-order valence-electron chi connectivity index (χ3n) is 5.16. The van der Waals surface area contributed by atoms with Gasteiger partial charge in [0.1, 0.15) is 5.01 Å². The standard InChI is InChI=1S/C15H23N5S/c16-15(9-5-2-6-10-15)13-19-20-12(17-18-14(20)21-13)11-7-3-1-4-8-11/h11H,1-10,16H2. The van der Waals surface area contributed by atoms with E-state index in [1.165, 1.54) is 51.4 Å². The van der Waals surface area contributed by atoms with Crippen LogP contribution in [0.15, 0.2) is 0 Å². The molecule has 6 heteroatoms. The van der Waals surface area contributed by atoms with Crippen LogP contribution >= 0.6 is 11.3 Å². The molecule has 4 rings (SSSR count). The molecule has 0 unspecified atom stereocenters. The number of hydrogen-bond acceptors (Lipinski definition) is 5. The van der Waals surface area contributed by atoms with Gasteiger partial charge < -0.3 is 5.73 Å². The SMILES string of the molecule is NC1(c2nn3c(C4CCCCC4)nnc3s2)CCCCC1. The maximum absolute atomic E-state index is 6.62. The van der Waals surface area contributed by atoms with E-state index in [0.29, 0.717) is 5.92 Å². The molecule has 21 heavy (non-hydrogen) atoms. The second-order valence-corrected chi connectivity index (χ2v) is 7.67. The minimum absolute atomic E-state index is 0.229. The van der Waals surface area contributed by atoms with Gasteiger partial charge in [0.05, 0.1) is 5.54 Å². The van der Waals surface area contributed by atoms with Crippen LogP contribution in [0, 0.1) is 0 Å². The van der Waals surface area contributed by atoms with Gasteiger partial charge in [-0.2, -0.15) is 9.61 Å². The quantitative estimate of drug-likeness (QED) is 0.923. The Bertz CT molecular complexity index is 619. The Morgan fingerprint density at radius 3 is 2.48 bits per heavy atom. The van der Waals surface area contributed by atoms with Crippen LogP contribution < -0.4 is 5.73 Å². The topological polar surface area (TPSA) is 69.1 Å². The lowest BCUT2D eigenvalue weighted by Crippen LogP contribution is -2.38. The minimum atomic E-state index is -0.229. The lowest BCUT2D eigenvalue weighted by molar-refractivity contribution is 0.298. The number of fused-ring (bicyclic) bond motifs is 1. The van der Waals surface area contributed by atoms with E-state index in [-0.39, 0.29) is 5.54 Å². The largest absolute Gasteiger partial charge is 0.319 e. The molecule has 2 aliphatic carbocycles. The van der Waals surface area contributed by atoms with E-state index in [1.807, 2.05) is 4.52 Å². The van der Waals surface area contributed by atoms with Crippen LogP contribution in [0.5, 0.6) is 0 Å². The molecule has 2 heterocycles. The first-order chi connectivity index (χ1) is 10.3. The molecule has 0 aromatic carbocycles. The summed E-state index contributed by atoms with van der Waals surface area (Å²) in [6.45, 7) is 0. The average Bonchev–Trinajstić information content (AvgIpc) is 3.09. The minimum Gasteiger partial charge on any atom is -0.319 e. The first kappa shape index (κ1) is 13.6. The van der Waals surface area contributed by atoms with Crippen molar-refractivity contribution in [2.24, 2.45) is 5.73 Å². The van der Waals surface area contributed by atoms with Crippen molar-refractivity contribution < 1.29 is 0 Å². The predicted molar refractivity (Wildman–Crippen MR) is 83.4 cm³/mol. The van der Waals surface area contributed by atoms with Crippen molar-refractivity contribution in [1.82, 2.24) is 19.8 Å². The Kier molecular flexibility index (Phi) is 3.46. The second kappa shape index (κ2) is 5.32. The van der Waals surface area contributed by atoms with Crippen LogP contribution in [0.1, 0.15) is 81.0 Å². The van der Waals surface area contributed by atoms with Crippen molar-refractivity contribution >= 4 is 16.3 Å². The predicted octanol–water partition coefficient (Wildman–Crippen LogP) is 3.35. The molecule has 5 nitrogen and oxygen atoms in total. The summed E-state index contributed by atoms with van der Waals surface area (Å²) in [4.78, 5) is 0.918. The van der Waals surface area contributed by atoms with Gasteiger partial charge in [0.25, 0.3) is 0 Å². The first-order valence-corrected chi connectivity index (χ1v) is 9.09. The molecule has 0 spiro atoms. The van der Waals surface area contributed by atoms with Crippen LogP contribution in [0.3, 0.4) is 0 Å². The van der Waals surface area contributed by atoms with Crippen molar-refractivity contribution in [3.63, 3.8) is 0 Å². The zero-order valence-corrected chi connectivity index (χ0v) is 13.2. The summed E-state index contributed by atoms with van der Waals surface area (Å²) in [5, 5.41) is 14.6. The molecule has 2 aliphatic rings. The van der Waals surface area contributed by atoms with E-state index in [9.17, 15) is 0 Å². The van der Waals surface area contributed by atoms with Gasteiger partial charge in [-0.15, -0.1) is 10.2 Å². The molecule has 0 radical (unpaired) electrons. The van der Waals surface area contributed by atoms with Crippen molar-refractivity contribution in [3.05, 3.63) is 10.8 Å². The van der Waals surface area contributed by atoms with Gasteiger partial charge in [-0.1, -0.05) is 49.9 Å². The molecule has 2 aromatic rings. The highest BCUT2D eigenvalue weighted by Gasteiger charge is 2.34. The van der Waals surface area contributed by atoms with Crippen molar-refractivity contribution in [2.45, 2.75) is 75.7 Å². The fraction of sp³-hybridized carbons (Fsp3) is 0.800. The zero-order chi connectivity index (χ0) is 14.3. The molecule has 2 N–H and O–H groups in total. The Morgan fingerprint density at radius 2 is 1.71 bits per heavy atom. The van der Waals surface area contributed by atoms with Crippen LogP contribution in [0.25, 0.3) is 4.96 Å². The van der Waals surface area contributed by atoms with E-state index < -0.39 is 0 Å². The van der Waals surface area contributed by atoms with Crippen LogP contribution in [-0.2, 0) is 5.54 Å². The van der Waals surface area contributed by atoms with Gasteiger partial charge in [0.15, 0.2) is 5.82 Å². The Balaban J connectivity index is 1.68. The molecule has 0 saturated heterocycles. The molecule has 0 bridgehead atoms. The van der Waals surface area contributed by atoms with Crippen LogP contribution in [-0.4, -0.2) is 19.8 Å². The summed E-state index contributed by atoms with van der Waals surface area (Å²) in [6.07, 6.45) is 12.2. The number of aromatic nitrogens is 4. The van der Waals surface area contributed by atoms with E-state index in [0.717, 1.165) is 28.6 Å². The summed E-state index contributed by atoms with van der Waals surface area (Å²) in [5.74, 6) is 1.59. The van der Waals surface area contributed by atoms with Crippen LogP contribution in [0.4, 0.5) is 0 Å². The molecule has 114 valence electrons. The van der Waals surface area contributed by atoms with E-state index >= 15 is 0 Å². The highest BCUT2D eigenvalue weighted by Crippen LogP contribution is 2.38. The van der Waals surface area contributed by atoms with Gasteiger partial charge in [0.2, 0.25) is 4.96 Å². The molecular weight excluding hydrogens is 282 g/mol. The number of hydrogen-bond donors (Lipinski definition) is 1. The number of nitrogens with two attached hydrogens (primary N) is 1. The van der Waals surface area contributed by atoms with Gasteiger partial charge in [-0.25, -0.2) is 0 Å². The molecule has 0 aliphatic heterocycles. The van der Waals surface area contributed by atoms with E-state index in [1.54, 1.807) is 11.3 Å². The average molecular weight is 305 g/mol. The summed E-state index contributed by atoms with van der Waals surface area (Å²) in [6, 6.07) is 0. The Morgan fingerprint density at radius 1 is 1.00 bits per heavy atom. The maximum atomic E-state index is 6.62. The first-order valence-electron chi connectivity index (χ1n) is 8.28. The Hall–Kier alpha value is -1.01. The lowest BCUT2D eigenvalue weighted by Gasteiger charge is -2.30. The number of nitrogens with zero attached hydrogens (tertiary/aromatic N) is 4. The highest BCUT2D eigenvalue weighted by molar-refractivity contribution is 7.16. The fourth-order valence-electron chi connectivity index (χ4n) is 3.85. The van der Waals surface area contributed by atoms with Crippen LogP contribution in [0.2, 0.25) is 0 Å². The molecule has 2 saturated carbocycles. The molecule has 0 atom stereocenters. The summed E-state index contributed by atoms with van der Waals surface area (Å²) >= 11 is 1.64. The van der Waals surface area contributed by atoms with E-state index in [2.05, 4.69) is 10.2 Å². The zero-order valence-electron chi connectivity index (χ0n) is 12.4. The molecule has 2 aromatic heterocycles. The Labute approximate surface area is 128 Å². The van der Waals surface area contributed by atoms with Gasteiger partial charge in [-0.05, 0) is 25.7 Å². The van der Waals surface area contributed by atoms with Gasteiger partial charge in [0, 0.05) is 5.92 Å². The summed E-state index contributed by atoms with van der Waals surface area (Å²) in [7, 11) is 0. The van der Waals surface area contributed by atoms with Crippen molar-refractivity contribution in [1.29, 1.82) is 0 Å². The lowest BCUT2D eigenvalue weighted by atomic mass is 9.83. The molecular formula is C15H23N5S. The molecule has 2 fully saturated rings. The normalized spacial score (nSPS) is 23.7. The van der Waals surface area contributed by atoms with E-state index in [4.69, 9.17) is 10.8 Å². The fourth-order valence-corrected chi connectivity index (χ4v) is 4.85. The monoisotopic (exact) mass is 305 g/mol. The van der Waals surface area contributed by atoms with Gasteiger partial charge in [-0.3, -0.25) is 0 Å². The summed E-state index contributed by atoms with van der Waals surface area (Å²) < 4.78 is 1.99. The molecule has 0 amide bonds. The van der Waals surface area contributed by atoms with Gasteiger partial charge >= 0.3 is 0 Å². The third kappa shape index (κ3) is 2.38. The van der Waals surface area contributed by atoms with Crippen molar-refractivity contribution in [3.8, 4) is 0 Å². The highest BCUT2D eigenvalue weighted by atomic mass is 32.1. The smallest absolute Gasteiger partial charge is 0.234 e. The number of rotatable bonds is 2. The maximum Gasteiger partial charge on any atom is 0.234 e. The van der Waals surface area contributed by atoms with Crippen molar-refractivity contribution in [2.75, 3.05) is 0 Å². The second-order valence-electron chi connectivity index (χ2n) is 6.71. The third-order valence-corrected chi connectivity index (χ3v) is 6.28. The summed E-state index contributed by atoms with van der Waals surface area (Å²) in [5.41, 5.74) is 6.39.